The van der Waals surface area contributed by atoms with Gasteiger partial charge in [-0.15, -0.1) is 11.8 Å². The molecule has 2 nitrogen and oxygen atoms in total. The van der Waals surface area contributed by atoms with Gasteiger partial charge in [-0.2, -0.15) is 0 Å². The summed E-state index contributed by atoms with van der Waals surface area (Å²) in [4.78, 5) is 1.32. The van der Waals surface area contributed by atoms with E-state index in [-0.39, 0.29) is 0 Å². The largest absolute Gasteiger partial charge is 0.379 e. The highest BCUT2D eigenvalue weighted by Crippen LogP contribution is 2.14. The van der Waals surface area contributed by atoms with Crippen LogP contribution in [0.25, 0.3) is 0 Å². The van der Waals surface area contributed by atoms with E-state index in [9.17, 15) is 0 Å². The third-order valence-corrected chi connectivity index (χ3v) is 3.43. The minimum absolute atomic E-state index is 0.355. The van der Waals surface area contributed by atoms with Crippen LogP contribution in [0.2, 0.25) is 0 Å². The fourth-order valence-electron chi connectivity index (χ4n) is 1.65. The molecule has 1 N–H and O–H groups in total. The van der Waals surface area contributed by atoms with Crippen LogP contribution in [-0.2, 0) is 11.3 Å². The SMILES string of the molecule is CSc1ccc(CNCCCCOC(C)C)cc1. The summed E-state index contributed by atoms with van der Waals surface area (Å²) in [7, 11) is 0. The van der Waals surface area contributed by atoms with Crippen molar-refractivity contribution in [3.05, 3.63) is 29.8 Å². The molecular weight excluding hydrogens is 242 g/mol. The first-order valence-electron chi connectivity index (χ1n) is 6.67. The molecule has 0 radical (unpaired) electrons. The summed E-state index contributed by atoms with van der Waals surface area (Å²) >= 11 is 1.78. The standard InChI is InChI=1S/C15H25NOS/c1-13(2)17-11-5-4-10-16-12-14-6-8-15(18-3)9-7-14/h6-9,13,16H,4-5,10-12H2,1-3H3. The predicted molar refractivity (Wildman–Crippen MR) is 80.3 cm³/mol. The van der Waals surface area contributed by atoms with Crippen molar-refractivity contribution in [1.29, 1.82) is 0 Å². The van der Waals surface area contributed by atoms with Crippen LogP contribution in [0.4, 0.5) is 0 Å². The van der Waals surface area contributed by atoms with Crippen LogP contribution >= 0.6 is 11.8 Å². The summed E-state index contributed by atoms with van der Waals surface area (Å²) in [5.74, 6) is 0. The van der Waals surface area contributed by atoms with Crippen molar-refractivity contribution in [2.75, 3.05) is 19.4 Å². The van der Waals surface area contributed by atoms with Crippen LogP contribution in [0.3, 0.4) is 0 Å². The van der Waals surface area contributed by atoms with E-state index in [1.165, 1.54) is 16.9 Å². The van der Waals surface area contributed by atoms with E-state index in [0.717, 1.165) is 26.1 Å². The quantitative estimate of drug-likeness (QED) is 0.544. The molecule has 0 heterocycles. The maximum atomic E-state index is 5.50. The molecule has 0 atom stereocenters. The topological polar surface area (TPSA) is 21.3 Å². The van der Waals surface area contributed by atoms with Gasteiger partial charge in [0.25, 0.3) is 0 Å². The van der Waals surface area contributed by atoms with E-state index in [0.29, 0.717) is 6.10 Å². The molecule has 1 aromatic carbocycles. The Balaban J connectivity index is 2.03. The first-order valence-corrected chi connectivity index (χ1v) is 7.90. The van der Waals surface area contributed by atoms with Crippen molar-refractivity contribution in [3.63, 3.8) is 0 Å². The van der Waals surface area contributed by atoms with Crippen molar-refractivity contribution >= 4 is 11.8 Å². The number of rotatable bonds is 9. The van der Waals surface area contributed by atoms with E-state index >= 15 is 0 Å². The third kappa shape index (κ3) is 7.04. The van der Waals surface area contributed by atoms with E-state index in [4.69, 9.17) is 4.74 Å². The van der Waals surface area contributed by atoms with Gasteiger partial charge in [0.05, 0.1) is 6.10 Å². The third-order valence-electron chi connectivity index (χ3n) is 2.69. The number of ether oxygens (including phenoxy) is 1. The molecule has 0 aliphatic rings. The minimum Gasteiger partial charge on any atom is -0.379 e. The highest BCUT2D eigenvalue weighted by atomic mass is 32.2. The summed E-state index contributed by atoms with van der Waals surface area (Å²) in [6, 6.07) is 8.75. The molecule has 102 valence electrons. The van der Waals surface area contributed by atoms with Crippen LogP contribution in [0.15, 0.2) is 29.2 Å². The molecule has 0 bridgehead atoms. The zero-order valence-corrected chi connectivity index (χ0v) is 12.6. The molecule has 0 saturated heterocycles. The van der Waals surface area contributed by atoms with E-state index in [1.807, 2.05) is 0 Å². The fourth-order valence-corrected chi connectivity index (χ4v) is 2.06. The van der Waals surface area contributed by atoms with Crippen LogP contribution in [-0.4, -0.2) is 25.5 Å². The molecule has 0 fully saturated rings. The molecule has 3 heteroatoms. The van der Waals surface area contributed by atoms with Gasteiger partial charge < -0.3 is 10.1 Å². The smallest absolute Gasteiger partial charge is 0.0518 e. The Labute approximate surface area is 116 Å². The molecule has 0 saturated carbocycles. The maximum absolute atomic E-state index is 5.50. The lowest BCUT2D eigenvalue weighted by atomic mass is 10.2. The maximum Gasteiger partial charge on any atom is 0.0518 e. The summed E-state index contributed by atoms with van der Waals surface area (Å²) in [6.07, 6.45) is 4.77. The van der Waals surface area contributed by atoms with Gasteiger partial charge in [-0.05, 0) is 57.2 Å². The zero-order chi connectivity index (χ0) is 13.2. The molecule has 1 rings (SSSR count). The minimum atomic E-state index is 0.355. The van der Waals surface area contributed by atoms with Crippen LogP contribution in [0, 0.1) is 0 Å². The Morgan fingerprint density at radius 2 is 1.89 bits per heavy atom. The van der Waals surface area contributed by atoms with Gasteiger partial charge in [0, 0.05) is 18.0 Å². The predicted octanol–water partition coefficient (Wildman–Crippen LogP) is 3.70. The number of hydrogen-bond donors (Lipinski definition) is 1. The monoisotopic (exact) mass is 267 g/mol. The molecule has 18 heavy (non-hydrogen) atoms. The average molecular weight is 267 g/mol. The molecule has 0 unspecified atom stereocenters. The van der Waals surface area contributed by atoms with Gasteiger partial charge in [0.1, 0.15) is 0 Å². The lowest BCUT2D eigenvalue weighted by molar-refractivity contribution is 0.0760. The van der Waals surface area contributed by atoms with E-state index in [2.05, 4.69) is 49.7 Å². The highest BCUT2D eigenvalue weighted by Gasteiger charge is 1.95. The van der Waals surface area contributed by atoms with Crippen LogP contribution in [0.1, 0.15) is 32.3 Å². The van der Waals surface area contributed by atoms with Gasteiger partial charge >= 0.3 is 0 Å². The summed E-state index contributed by atoms with van der Waals surface area (Å²) in [6.45, 7) is 7.06. The van der Waals surface area contributed by atoms with Crippen LogP contribution < -0.4 is 5.32 Å². The molecule has 0 amide bonds. The van der Waals surface area contributed by atoms with Gasteiger partial charge in [-0.1, -0.05) is 12.1 Å². The second kappa shape index (κ2) is 9.42. The first-order chi connectivity index (χ1) is 8.72. The van der Waals surface area contributed by atoms with Crippen molar-refractivity contribution in [2.24, 2.45) is 0 Å². The Hall–Kier alpha value is -0.510. The van der Waals surface area contributed by atoms with Crippen molar-refractivity contribution < 1.29 is 4.74 Å². The first kappa shape index (κ1) is 15.5. The normalized spacial score (nSPS) is 11.1. The zero-order valence-electron chi connectivity index (χ0n) is 11.7. The summed E-state index contributed by atoms with van der Waals surface area (Å²) in [5.41, 5.74) is 1.35. The number of benzene rings is 1. The Kier molecular flexibility index (Phi) is 8.14. The van der Waals surface area contributed by atoms with Crippen molar-refractivity contribution in [1.82, 2.24) is 5.32 Å². The number of hydrogen-bond acceptors (Lipinski definition) is 3. The molecule has 0 aliphatic carbocycles. The van der Waals surface area contributed by atoms with Gasteiger partial charge in [0.15, 0.2) is 0 Å². The van der Waals surface area contributed by atoms with E-state index in [1.54, 1.807) is 11.8 Å². The van der Waals surface area contributed by atoms with Gasteiger partial charge in [-0.3, -0.25) is 0 Å². The summed E-state index contributed by atoms with van der Waals surface area (Å²) < 4.78 is 5.50. The number of unbranched alkanes of at least 4 members (excludes halogenated alkanes) is 1. The van der Waals surface area contributed by atoms with Crippen molar-refractivity contribution in [3.8, 4) is 0 Å². The van der Waals surface area contributed by atoms with Gasteiger partial charge in [0.2, 0.25) is 0 Å². The van der Waals surface area contributed by atoms with E-state index < -0.39 is 0 Å². The second-order valence-electron chi connectivity index (χ2n) is 4.65. The molecule has 1 aromatic rings. The van der Waals surface area contributed by atoms with Crippen molar-refractivity contribution in [2.45, 2.75) is 44.2 Å². The highest BCUT2D eigenvalue weighted by molar-refractivity contribution is 7.98. The summed E-state index contributed by atoms with van der Waals surface area (Å²) in [5, 5.41) is 3.46. The van der Waals surface area contributed by atoms with Crippen LogP contribution in [0.5, 0.6) is 0 Å². The molecule has 0 spiro atoms. The Morgan fingerprint density at radius 1 is 1.17 bits per heavy atom. The lowest BCUT2D eigenvalue weighted by Gasteiger charge is -2.08. The fraction of sp³-hybridized carbons (Fsp3) is 0.600. The Morgan fingerprint density at radius 3 is 2.50 bits per heavy atom. The molecule has 0 aliphatic heterocycles. The lowest BCUT2D eigenvalue weighted by Crippen LogP contribution is -2.15. The second-order valence-corrected chi connectivity index (χ2v) is 5.53. The average Bonchev–Trinajstić information content (AvgIpc) is 2.38. The van der Waals surface area contributed by atoms with Gasteiger partial charge in [-0.25, -0.2) is 0 Å². The Bertz CT molecular complexity index is 311. The molecule has 0 aromatic heterocycles. The number of thioether (sulfide) groups is 1. The number of nitrogens with one attached hydrogen (secondary N) is 1. The molecular formula is C15H25NOS.